The summed E-state index contributed by atoms with van der Waals surface area (Å²) in [5, 5.41) is 16.2. The van der Waals surface area contributed by atoms with Crippen LogP contribution in [-0.2, 0) is 16.1 Å². The molecule has 1 unspecified atom stereocenters. The van der Waals surface area contributed by atoms with Gasteiger partial charge >= 0.3 is 6.01 Å². The summed E-state index contributed by atoms with van der Waals surface area (Å²) in [6.45, 7) is 13.1. The Morgan fingerprint density at radius 1 is 0.812 bits per heavy atom. The normalized spacial score (nSPS) is 20.6. The van der Waals surface area contributed by atoms with Gasteiger partial charge in [-0.1, -0.05) is 44.2 Å². The number of amides is 4. The van der Waals surface area contributed by atoms with Crippen molar-refractivity contribution in [1.82, 2.24) is 45.0 Å². The maximum absolute atomic E-state index is 13.4. The fourth-order valence-corrected chi connectivity index (χ4v) is 10.8. The third-order valence-electron chi connectivity index (χ3n) is 14.6. The Bertz CT molecular complexity index is 2950. The number of aromatic nitrogens is 5. The highest BCUT2D eigenvalue weighted by molar-refractivity contribution is 6.23. The Balaban J connectivity index is 0.710. The molecule has 0 spiro atoms. The van der Waals surface area contributed by atoms with Crippen molar-refractivity contribution in [2.75, 3.05) is 74.0 Å². The van der Waals surface area contributed by atoms with Crippen LogP contribution in [-0.4, -0.2) is 129 Å². The molecule has 17 heteroatoms. The molecule has 11 rings (SSSR count). The third-order valence-corrected chi connectivity index (χ3v) is 14.6. The monoisotopic (exact) mass is 930 g/mol. The Hall–Kier alpha value is -6.98. The lowest BCUT2D eigenvalue weighted by molar-refractivity contribution is -0.136. The van der Waals surface area contributed by atoms with Gasteiger partial charge in [0.05, 0.1) is 23.0 Å². The standard InChI is InChI=1S/C52H58N12O5/c1-32(2)43-30-56-64-47(43)58-52(69-38-7-5-18-53-29-38)59-51(64)55-28-35-6-3-4-8-39(35)46-40-11-9-36(26-34(40)15-19-54-46)61-20-16-33(17-21-61)31-60-22-24-62(25-23-60)37-10-12-41-42(27-37)50(68)63(49(41)67)44-13-14-45(65)57-48(44)66/h3-4,6,8-12,15,19,26-27,30,32-33,38,44,53H,5,7,13-14,16-18,20-25,28-29,31H2,1-2H3,(H,55,58,59)(H,57,65,66)/t38-,44?/m1/s1. The molecular formula is C52H58N12O5. The summed E-state index contributed by atoms with van der Waals surface area (Å²) in [4.78, 5) is 73.8. The number of hydrogen-bond donors (Lipinski definition) is 3. The van der Waals surface area contributed by atoms with Crippen molar-refractivity contribution in [3.63, 3.8) is 0 Å². The number of hydrogen-bond acceptors (Lipinski definition) is 14. The average Bonchev–Trinajstić information content (AvgIpc) is 3.91. The lowest BCUT2D eigenvalue weighted by Gasteiger charge is -2.40. The van der Waals surface area contributed by atoms with Gasteiger partial charge in [0, 0.05) is 99.4 Å². The van der Waals surface area contributed by atoms with Gasteiger partial charge in [0.15, 0.2) is 5.65 Å². The fraction of sp³-hybridized carbons (Fsp3) is 0.423. The average molecular weight is 931 g/mol. The molecule has 6 aromatic rings. The van der Waals surface area contributed by atoms with Crippen LogP contribution in [0.2, 0.25) is 0 Å². The third kappa shape index (κ3) is 8.84. The van der Waals surface area contributed by atoms with Crippen molar-refractivity contribution in [2.45, 2.75) is 77.0 Å². The second-order valence-corrected chi connectivity index (χ2v) is 19.4. The molecule has 8 heterocycles. The Kier molecular flexibility index (Phi) is 12.2. The first-order chi connectivity index (χ1) is 33.6. The van der Waals surface area contributed by atoms with Crippen LogP contribution in [0.25, 0.3) is 27.7 Å². The fourth-order valence-electron chi connectivity index (χ4n) is 10.8. The summed E-state index contributed by atoms with van der Waals surface area (Å²) in [5.74, 6) is -0.517. The topological polar surface area (TPSA) is 183 Å². The molecule has 356 valence electrons. The van der Waals surface area contributed by atoms with Crippen LogP contribution in [0.1, 0.15) is 90.1 Å². The Labute approximate surface area is 400 Å². The highest BCUT2D eigenvalue weighted by atomic mass is 16.5. The molecule has 2 atom stereocenters. The number of pyridine rings is 1. The van der Waals surface area contributed by atoms with Crippen molar-refractivity contribution < 1.29 is 23.9 Å². The van der Waals surface area contributed by atoms with Crippen LogP contribution >= 0.6 is 0 Å². The first kappa shape index (κ1) is 44.5. The molecule has 0 aliphatic carbocycles. The summed E-state index contributed by atoms with van der Waals surface area (Å²) < 4.78 is 8.11. The summed E-state index contributed by atoms with van der Waals surface area (Å²) in [6.07, 6.45) is 8.30. The van der Waals surface area contributed by atoms with E-state index in [1.807, 2.05) is 18.5 Å². The van der Waals surface area contributed by atoms with E-state index in [0.29, 0.717) is 35.5 Å². The van der Waals surface area contributed by atoms with Crippen LogP contribution in [0.5, 0.6) is 6.01 Å². The maximum Gasteiger partial charge on any atom is 0.322 e. The molecule has 17 nitrogen and oxygen atoms in total. The molecule has 0 bridgehead atoms. The minimum Gasteiger partial charge on any atom is -0.459 e. The molecule has 4 amide bonds. The van der Waals surface area contributed by atoms with Crippen molar-refractivity contribution >= 4 is 57.4 Å². The number of benzene rings is 3. The van der Waals surface area contributed by atoms with E-state index < -0.39 is 23.8 Å². The van der Waals surface area contributed by atoms with E-state index in [9.17, 15) is 19.2 Å². The van der Waals surface area contributed by atoms with E-state index in [2.05, 4.69) is 98.1 Å². The van der Waals surface area contributed by atoms with Gasteiger partial charge in [0.1, 0.15) is 12.1 Å². The molecule has 3 aromatic carbocycles. The number of anilines is 3. The maximum atomic E-state index is 13.4. The number of imide groups is 2. The quantitative estimate of drug-likeness (QED) is 0.128. The van der Waals surface area contributed by atoms with Crippen LogP contribution in [0.4, 0.5) is 17.3 Å². The number of carbonyl (C=O) groups excluding carboxylic acids is 4. The minimum absolute atomic E-state index is 0.0204. The molecule has 4 fully saturated rings. The first-order valence-corrected chi connectivity index (χ1v) is 24.6. The van der Waals surface area contributed by atoms with Gasteiger partial charge in [-0.15, -0.1) is 0 Å². The van der Waals surface area contributed by atoms with E-state index in [-0.39, 0.29) is 30.8 Å². The smallest absolute Gasteiger partial charge is 0.322 e. The van der Waals surface area contributed by atoms with Crippen LogP contribution in [0, 0.1) is 5.92 Å². The van der Waals surface area contributed by atoms with Crippen molar-refractivity contribution in [2.24, 2.45) is 5.92 Å². The van der Waals surface area contributed by atoms with Crippen molar-refractivity contribution in [3.05, 3.63) is 101 Å². The number of rotatable bonds is 12. The zero-order chi connectivity index (χ0) is 47.2. The molecule has 5 aliphatic rings. The van der Waals surface area contributed by atoms with Crippen LogP contribution in [0.3, 0.4) is 0 Å². The molecule has 3 N–H and O–H groups in total. The first-order valence-electron chi connectivity index (χ1n) is 24.6. The lowest BCUT2D eigenvalue weighted by atomic mass is 9.95. The summed E-state index contributed by atoms with van der Waals surface area (Å²) in [5.41, 5.74) is 7.63. The number of ether oxygens (including phenoxy) is 1. The second-order valence-electron chi connectivity index (χ2n) is 19.4. The summed E-state index contributed by atoms with van der Waals surface area (Å²) in [6, 6.07) is 22.1. The van der Waals surface area contributed by atoms with Crippen molar-refractivity contribution in [3.8, 4) is 17.3 Å². The molecule has 3 aromatic heterocycles. The predicted molar refractivity (Wildman–Crippen MR) is 263 cm³/mol. The largest absolute Gasteiger partial charge is 0.459 e. The SMILES string of the molecule is CC(C)c1cnn2c(NCc3ccccc3-c3nccc4cc(N5CCC(CN6CCN(c7ccc8c(c7)C(=O)N(C7CCC(=O)NC7=O)C8=O)CC6)CC5)ccc34)nc(O[C@@H]3CCCNC3)nc12. The molecule has 5 aliphatic heterocycles. The van der Waals surface area contributed by atoms with Gasteiger partial charge in [-0.3, -0.25) is 39.3 Å². The lowest BCUT2D eigenvalue weighted by Crippen LogP contribution is -2.54. The van der Waals surface area contributed by atoms with E-state index in [1.54, 1.807) is 16.6 Å². The van der Waals surface area contributed by atoms with Crippen LogP contribution in [0.15, 0.2) is 79.1 Å². The van der Waals surface area contributed by atoms with Gasteiger partial charge in [-0.25, -0.2) is 0 Å². The molecular weight excluding hydrogens is 873 g/mol. The van der Waals surface area contributed by atoms with Gasteiger partial charge in [-0.2, -0.15) is 19.6 Å². The number of nitrogens with one attached hydrogen (secondary N) is 3. The highest BCUT2D eigenvalue weighted by Crippen LogP contribution is 2.35. The second kappa shape index (κ2) is 18.8. The highest BCUT2D eigenvalue weighted by Gasteiger charge is 2.45. The molecule has 0 saturated carbocycles. The number of piperidine rings is 3. The Morgan fingerprint density at radius 2 is 1.59 bits per heavy atom. The van der Waals surface area contributed by atoms with Crippen molar-refractivity contribution in [1.29, 1.82) is 0 Å². The number of piperazine rings is 1. The zero-order valence-electron chi connectivity index (χ0n) is 39.2. The van der Waals surface area contributed by atoms with Crippen LogP contribution < -0.4 is 30.5 Å². The minimum atomic E-state index is -0.970. The summed E-state index contributed by atoms with van der Waals surface area (Å²) in [7, 11) is 0. The van der Waals surface area contributed by atoms with Gasteiger partial charge in [0.25, 0.3) is 11.8 Å². The number of carbonyl (C=O) groups is 4. The summed E-state index contributed by atoms with van der Waals surface area (Å²) >= 11 is 0. The predicted octanol–water partition coefficient (Wildman–Crippen LogP) is 5.65. The molecule has 4 saturated heterocycles. The zero-order valence-corrected chi connectivity index (χ0v) is 39.2. The number of nitrogens with zero attached hydrogens (tertiary/aromatic N) is 9. The molecule has 69 heavy (non-hydrogen) atoms. The van der Waals surface area contributed by atoms with Gasteiger partial charge in [0.2, 0.25) is 17.8 Å². The number of fused-ring (bicyclic) bond motifs is 3. The molecule has 0 radical (unpaired) electrons. The van der Waals surface area contributed by atoms with Gasteiger partial charge in [-0.05, 0) is 97.8 Å². The Morgan fingerprint density at radius 3 is 2.39 bits per heavy atom. The van der Waals surface area contributed by atoms with E-state index >= 15 is 0 Å². The van der Waals surface area contributed by atoms with E-state index in [4.69, 9.17) is 19.7 Å². The van der Waals surface area contributed by atoms with Gasteiger partial charge < -0.3 is 25.2 Å². The van der Waals surface area contributed by atoms with E-state index in [0.717, 1.165) is 134 Å². The van der Waals surface area contributed by atoms with E-state index in [1.165, 1.54) is 5.69 Å².